The Morgan fingerprint density at radius 1 is 1.13 bits per heavy atom. The Morgan fingerprint density at radius 3 is 2.27 bits per heavy atom. The predicted molar refractivity (Wildman–Crippen MR) is 51.7 cm³/mol. The Kier molecular flexibility index (Phi) is 2.46. The Balaban J connectivity index is 2.44. The monoisotopic (exact) mass is 215 g/mol. The van der Waals surface area contributed by atoms with Crippen LogP contribution in [0.1, 0.15) is 12.0 Å². The molecule has 1 aliphatic rings. The maximum atomic E-state index is 13.1. The van der Waals surface area contributed by atoms with E-state index < -0.39 is 11.6 Å². The number of alkyl halides is 3. The normalized spacial score (nSPS) is 26.9. The summed E-state index contributed by atoms with van der Waals surface area (Å²) in [5.41, 5.74) is -1.32. The minimum atomic E-state index is -4.18. The van der Waals surface area contributed by atoms with Crippen LogP contribution in [0.5, 0.6) is 0 Å². The van der Waals surface area contributed by atoms with E-state index in [2.05, 4.69) is 5.32 Å². The molecule has 15 heavy (non-hydrogen) atoms. The average Bonchev–Trinajstić information content (AvgIpc) is 2.68. The lowest BCUT2D eigenvalue weighted by Gasteiger charge is -2.31. The molecule has 1 nitrogen and oxygen atoms in total. The topological polar surface area (TPSA) is 12.0 Å². The van der Waals surface area contributed by atoms with Crippen LogP contribution in [0, 0.1) is 0 Å². The van der Waals surface area contributed by atoms with Gasteiger partial charge in [0.25, 0.3) is 0 Å². The average molecular weight is 215 g/mol. The summed E-state index contributed by atoms with van der Waals surface area (Å²) < 4.78 is 39.2. The summed E-state index contributed by atoms with van der Waals surface area (Å²) in [6.07, 6.45) is -4.06. The molecule has 1 fully saturated rings. The van der Waals surface area contributed by atoms with Gasteiger partial charge in [-0.1, -0.05) is 30.3 Å². The summed E-state index contributed by atoms with van der Waals surface area (Å²) in [7, 11) is 0. The number of hydrogen-bond acceptors (Lipinski definition) is 1. The van der Waals surface area contributed by atoms with Crippen LogP contribution in [-0.2, 0) is 5.41 Å². The van der Waals surface area contributed by atoms with E-state index in [9.17, 15) is 13.2 Å². The zero-order chi connectivity index (χ0) is 10.9. The van der Waals surface area contributed by atoms with Gasteiger partial charge in [0.1, 0.15) is 5.41 Å². The number of benzene rings is 1. The third kappa shape index (κ3) is 1.63. The molecule has 1 aromatic rings. The van der Waals surface area contributed by atoms with E-state index >= 15 is 0 Å². The maximum absolute atomic E-state index is 13.1. The molecule has 0 bridgehead atoms. The van der Waals surface area contributed by atoms with Crippen molar-refractivity contribution in [3.63, 3.8) is 0 Å². The minimum Gasteiger partial charge on any atom is -0.315 e. The van der Waals surface area contributed by atoms with E-state index in [0.717, 1.165) is 0 Å². The first-order valence-electron chi connectivity index (χ1n) is 4.89. The van der Waals surface area contributed by atoms with Crippen molar-refractivity contribution >= 4 is 0 Å². The van der Waals surface area contributed by atoms with Gasteiger partial charge in [-0.3, -0.25) is 0 Å². The first kappa shape index (κ1) is 10.5. The van der Waals surface area contributed by atoms with Crippen LogP contribution in [0.2, 0.25) is 0 Å². The van der Waals surface area contributed by atoms with Crippen molar-refractivity contribution in [3.05, 3.63) is 35.9 Å². The van der Waals surface area contributed by atoms with E-state index in [1.807, 2.05) is 0 Å². The molecule has 0 aliphatic carbocycles. The molecule has 0 aromatic heterocycles. The van der Waals surface area contributed by atoms with Gasteiger partial charge in [0.05, 0.1) is 0 Å². The molecule has 1 aliphatic heterocycles. The minimum absolute atomic E-state index is 0.0134. The number of rotatable bonds is 1. The van der Waals surface area contributed by atoms with Crippen LogP contribution in [0.15, 0.2) is 30.3 Å². The van der Waals surface area contributed by atoms with Gasteiger partial charge in [-0.2, -0.15) is 13.2 Å². The lowest BCUT2D eigenvalue weighted by molar-refractivity contribution is -0.184. The Morgan fingerprint density at radius 2 is 1.80 bits per heavy atom. The van der Waals surface area contributed by atoms with Crippen molar-refractivity contribution in [2.45, 2.75) is 18.0 Å². The van der Waals surface area contributed by atoms with Crippen LogP contribution in [0.3, 0.4) is 0 Å². The summed E-state index contributed by atoms with van der Waals surface area (Å²) in [6, 6.07) is 8.15. The number of nitrogens with one attached hydrogen (secondary N) is 1. The molecule has 0 radical (unpaired) electrons. The van der Waals surface area contributed by atoms with Gasteiger partial charge >= 0.3 is 6.18 Å². The Labute approximate surface area is 86.3 Å². The highest BCUT2D eigenvalue weighted by atomic mass is 19.4. The van der Waals surface area contributed by atoms with Crippen LogP contribution in [0.25, 0.3) is 0 Å². The van der Waals surface area contributed by atoms with Gasteiger partial charge in [0.15, 0.2) is 0 Å². The first-order valence-corrected chi connectivity index (χ1v) is 4.89. The molecule has 1 atom stereocenters. The molecule has 82 valence electrons. The van der Waals surface area contributed by atoms with E-state index in [1.54, 1.807) is 30.3 Å². The van der Waals surface area contributed by atoms with Crippen LogP contribution in [-0.4, -0.2) is 19.3 Å². The van der Waals surface area contributed by atoms with Crippen LogP contribution in [0.4, 0.5) is 13.2 Å². The van der Waals surface area contributed by atoms with Gasteiger partial charge in [-0.25, -0.2) is 0 Å². The van der Waals surface area contributed by atoms with E-state index in [1.165, 1.54) is 0 Å². The molecule has 0 amide bonds. The molecule has 0 saturated carbocycles. The molecular formula is C11H12F3N. The van der Waals surface area contributed by atoms with E-state index in [-0.39, 0.29) is 13.0 Å². The molecular weight excluding hydrogens is 203 g/mol. The van der Waals surface area contributed by atoms with Crippen molar-refractivity contribution in [2.75, 3.05) is 13.1 Å². The fourth-order valence-corrected chi connectivity index (χ4v) is 2.10. The van der Waals surface area contributed by atoms with Crippen molar-refractivity contribution in [1.29, 1.82) is 0 Å². The molecule has 0 spiro atoms. The SMILES string of the molecule is FC(F)(F)[C@]1(c2ccccc2)CCNC1. The Hall–Kier alpha value is -1.03. The molecule has 1 aromatic carbocycles. The van der Waals surface area contributed by atoms with Gasteiger partial charge in [0.2, 0.25) is 0 Å². The highest BCUT2D eigenvalue weighted by Crippen LogP contribution is 2.45. The van der Waals surface area contributed by atoms with Gasteiger partial charge in [-0.05, 0) is 18.5 Å². The fourth-order valence-electron chi connectivity index (χ4n) is 2.10. The second kappa shape index (κ2) is 3.52. The van der Waals surface area contributed by atoms with Crippen molar-refractivity contribution in [1.82, 2.24) is 5.32 Å². The quantitative estimate of drug-likeness (QED) is 0.758. The smallest absolute Gasteiger partial charge is 0.315 e. The molecule has 4 heteroatoms. The van der Waals surface area contributed by atoms with Crippen LogP contribution < -0.4 is 5.32 Å². The summed E-state index contributed by atoms with van der Waals surface area (Å²) in [4.78, 5) is 0. The standard InChI is InChI=1S/C11H12F3N/c12-11(13,14)10(6-7-15-8-10)9-4-2-1-3-5-9/h1-5,15H,6-8H2/t10-/m1/s1. The predicted octanol–water partition coefficient (Wildman–Crippen LogP) is 2.48. The fraction of sp³-hybridized carbons (Fsp3) is 0.455. The zero-order valence-corrected chi connectivity index (χ0v) is 8.14. The molecule has 1 N–H and O–H groups in total. The Bertz CT molecular complexity index is 325. The van der Waals surface area contributed by atoms with Gasteiger partial charge < -0.3 is 5.32 Å². The second-order valence-corrected chi connectivity index (χ2v) is 3.87. The van der Waals surface area contributed by atoms with E-state index in [0.29, 0.717) is 12.1 Å². The summed E-state index contributed by atoms with van der Waals surface area (Å²) in [5, 5.41) is 2.80. The second-order valence-electron chi connectivity index (χ2n) is 3.87. The largest absolute Gasteiger partial charge is 0.399 e. The lowest BCUT2D eigenvalue weighted by atomic mass is 9.79. The third-order valence-corrected chi connectivity index (χ3v) is 3.02. The zero-order valence-electron chi connectivity index (χ0n) is 8.14. The summed E-state index contributed by atoms with van der Waals surface area (Å²) in [6.45, 7) is 0.412. The molecule has 2 rings (SSSR count). The summed E-state index contributed by atoms with van der Waals surface area (Å²) in [5.74, 6) is 0. The first-order chi connectivity index (χ1) is 7.06. The number of hydrogen-bond donors (Lipinski definition) is 1. The van der Waals surface area contributed by atoms with Crippen molar-refractivity contribution < 1.29 is 13.2 Å². The third-order valence-electron chi connectivity index (χ3n) is 3.02. The molecule has 1 heterocycles. The van der Waals surface area contributed by atoms with Gasteiger partial charge in [-0.15, -0.1) is 0 Å². The van der Waals surface area contributed by atoms with E-state index in [4.69, 9.17) is 0 Å². The number of halogens is 3. The maximum Gasteiger partial charge on any atom is 0.399 e. The molecule has 0 unspecified atom stereocenters. The van der Waals surface area contributed by atoms with Gasteiger partial charge in [0, 0.05) is 6.54 Å². The molecule has 1 saturated heterocycles. The van der Waals surface area contributed by atoms with Crippen molar-refractivity contribution in [3.8, 4) is 0 Å². The highest BCUT2D eigenvalue weighted by molar-refractivity contribution is 5.29. The summed E-state index contributed by atoms with van der Waals surface area (Å²) >= 11 is 0. The van der Waals surface area contributed by atoms with Crippen molar-refractivity contribution in [2.24, 2.45) is 0 Å². The highest BCUT2D eigenvalue weighted by Gasteiger charge is 2.56. The lowest BCUT2D eigenvalue weighted by Crippen LogP contribution is -2.44. The van der Waals surface area contributed by atoms with Crippen LogP contribution >= 0.6 is 0 Å².